The first-order chi connectivity index (χ1) is 18.5. The Kier molecular flexibility index (Phi) is 46.3. The molecular formula is C18H38N6Na4O21P2. The topological polar surface area (TPSA) is 546 Å². The normalized spacial score (nSPS) is 21.1. The minimum atomic E-state index is -5.14. The van der Waals surface area contributed by atoms with Crippen molar-refractivity contribution >= 4 is 27.3 Å². The van der Waals surface area contributed by atoms with Crippen molar-refractivity contribution in [1.82, 2.24) is 19.1 Å². The van der Waals surface area contributed by atoms with Gasteiger partial charge in [0, 0.05) is 25.2 Å². The van der Waals surface area contributed by atoms with E-state index >= 15 is 0 Å². The van der Waals surface area contributed by atoms with E-state index in [1.807, 2.05) is 0 Å². The Hall–Kier alpha value is 1.14. The number of phosphoric ester groups is 2. The summed E-state index contributed by atoms with van der Waals surface area (Å²) in [6, 6.07) is 2.76. The molecule has 33 heteroatoms. The first kappa shape index (κ1) is 73.3. The molecule has 0 bridgehead atoms. The van der Waals surface area contributed by atoms with E-state index < -0.39 is 77.1 Å². The molecule has 2 fully saturated rings. The van der Waals surface area contributed by atoms with Crippen molar-refractivity contribution in [1.29, 1.82) is 0 Å². The van der Waals surface area contributed by atoms with Gasteiger partial charge in [-0.15, -0.1) is 0 Å². The Morgan fingerprint density at radius 2 is 0.961 bits per heavy atom. The Balaban J connectivity index is -0.0000000813. The number of phosphoric acid groups is 2. The molecule has 0 saturated carbocycles. The maximum atomic E-state index is 11.6. The molecule has 280 valence electrons. The van der Waals surface area contributed by atoms with Crippen molar-refractivity contribution in [2.24, 2.45) is 0 Å². The number of hydrogen-bond acceptors (Lipinski definition) is 18. The number of nitrogens with two attached hydrogens (primary N) is 2. The second-order valence-corrected chi connectivity index (χ2v) is 10.7. The largest absolute Gasteiger partial charge is 1.00 e. The monoisotopic (exact) mass is 828 g/mol. The second kappa shape index (κ2) is 32.2. The molecule has 4 rings (SSSR count). The van der Waals surface area contributed by atoms with Crippen LogP contribution in [0.1, 0.15) is 25.3 Å². The first-order valence-corrected chi connectivity index (χ1v) is 14.1. The van der Waals surface area contributed by atoms with Gasteiger partial charge in [0.2, 0.25) is 0 Å². The SMILES string of the molecule is Nc1ccn([C@H]2C[C@H](O)[C@@H](COP(=O)([O-])[O-])O2)c(=O)n1.Nc1ccn([C@H]2C[C@H](O)[C@@H](COP(=O)([O-])[O-])O2)c(=O)n1.O.O.O.O.O.O.O.[Na+].[Na+].[Na+].[Na+]. The molecule has 6 atom stereocenters. The van der Waals surface area contributed by atoms with Crippen LogP contribution in [-0.2, 0) is 27.7 Å². The van der Waals surface area contributed by atoms with Crippen molar-refractivity contribution in [3.63, 3.8) is 0 Å². The number of hydrogen-bond donors (Lipinski definition) is 4. The fraction of sp³-hybridized carbons (Fsp3) is 0.556. The van der Waals surface area contributed by atoms with Crippen LogP contribution in [0.3, 0.4) is 0 Å². The quantitative estimate of drug-likeness (QED) is 0.142. The molecule has 0 unspecified atom stereocenters. The summed E-state index contributed by atoms with van der Waals surface area (Å²) in [5.41, 5.74) is 9.35. The van der Waals surface area contributed by atoms with E-state index in [0.29, 0.717) is 0 Å². The van der Waals surface area contributed by atoms with Gasteiger partial charge in [0.25, 0.3) is 0 Å². The Morgan fingerprint density at radius 1 is 0.686 bits per heavy atom. The maximum absolute atomic E-state index is 11.6. The predicted octanol–water partition coefficient (Wildman–Crippen LogP) is -23.1. The number of aliphatic hydroxyl groups excluding tert-OH is 2. The molecule has 27 nitrogen and oxygen atoms in total. The molecule has 2 saturated heterocycles. The van der Waals surface area contributed by atoms with E-state index in [1.165, 1.54) is 24.5 Å². The summed E-state index contributed by atoms with van der Waals surface area (Å²) in [4.78, 5) is 71.7. The van der Waals surface area contributed by atoms with Gasteiger partial charge in [0.15, 0.2) is 0 Å². The number of rotatable bonds is 8. The van der Waals surface area contributed by atoms with Gasteiger partial charge < -0.3 is 107 Å². The number of nitrogen functional groups attached to an aromatic ring is 2. The number of anilines is 2. The zero-order chi connectivity index (χ0) is 29.8. The number of ether oxygens (including phenoxy) is 2. The predicted molar refractivity (Wildman–Crippen MR) is 147 cm³/mol. The van der Waals surface area contributed by atoms with Gasteiger partial charge >= 0.3 is 130 Å². The van der Waals surface area contributed by atoms with E-state index in [-0.39, 0.29) is 181 Å². The fourth-order valence-electron chi connectivity index (χ4n) is 3.69. The van der Waals surface area contributed by atoms with Gasteiger partial charge in [-0.2, -0.15) is 9.97 Å². The van der Waals surface area contributed by atoms with Crippen LogP contribution in [0.15, 0.2) is 34.1 Å². The average molecular weight is 828 g/mol. The Bertz CT molecular complexity index is 1300. The van der Waals surface area contributed by atoms with Gasteiger partial charge in [-0.25, -0.2) is 9.59 Å². The van der Waals surface area contributed by atoms with Crippen molar-refractivity contribution in [2.75, 3.05) is 24.7 Å². The van der Waals surface area contributed by atoms with Gasteiger partial charge in [-0.05, 0) is 12.1 Å². The summed E-state index contributed by atoms with van der Waals surface area (Å²) in [6.45, 7) is -1.22. The molecule has 2 aromatic rings. The zero-order valence-electron chi connectivity index (χ0n) is 27.7. The molecule has 2 aliphatic rings. The summed E-state index contributed by atoms with van der Waals surface area (Å²) in [6.07, 6.45) is -3.13. The van der Waals surface area contributed by atoms with Crippen molar-refractivity contribution < 1.29 is 214 Å². The first-order valence-electron chi connectivity index (χ1n) is 11.2. The molecule has 20 N–H and O–H groups in total. The minimum Gasteiger partial charge on any atom is -0.790 e. The van der Waals surface area contributed by atoms with Crippen LogP contribution in [0, 0.1) is 0 Å². The van der Waals surface area contributed by atoms with Gasteiger partial charge in [-0.1, -0.05) is 0 Å². The number of aliphatic hydroxyl groups is 2. The molecule has 0 aromatic carbocycles. The second-order valence-electron chi connectivity index (χ2n) is 8.43. The van der Waals surface area contributed by atoms with Gasteiger partial charge in [-0.3, -0.25) is 9.13 Å². The van der Waals surface area contributed by atoms with E-state index in [4.69, 9.17) is 20.9 Å². The Morgan fingerprint density at radius 3 is 1.20 bits per heavy atom. The summed E-state index contributed by atoms with van der Waals surface area (Å²) in [5, 5.41) is 19.4. The summed E-state index contributed by atoms with van der Waals surface area (Å²) < 4.78 is 41.6. The van der Waals surface area contributed by atoms with E-state index in [0.717, 1.165) is 9.13 Å². The molecule has 0 amide bonds. The Labute approximate surface area is 376 Å². The molecule has 51 heavy (non-hydrogen) atoms. The van der Waals surface area contributed by atoms with Crippen LogP contribution in [-0.4, -0.2) is 105 Å². The molecule has 4 heterocycles. The van der Waals surface area contributed by atoms with Crippen LogP contribution >= 0.6 is 15.6 Å². The third-order valence-corrected chi connectivity index (χ3v) is 6.46. The van der Waals surface area contributed by atoms with Crippen LogP contribution in [0.2, 0.25) is 0 Å². The fourth-order valence-corrected chi connectivity index (χ4v) is 4.35. The standard InChI is InChI=1S/2C9H14N3O7P.4Na.7H2O/c2*10-7-1-2-12(9(14)11-7)8-3-5(13)6(19-8)4-18-20(15,16)17;;;;;;;;;;;/h2*1-2,5-6,8,13H,3-4H2,(H2,10,11,14)(H2,15,16,17);;;;;7*1H2/q;;4*+1;;;;;;;/p-4/t2*5-,6+,8+;;;;;;;;;;;/m00.........../s1. The average Bonchev–Trinajstić information content (AvgIpc) is 3.37. The van der Waals surface area contributed by atoms with Crippen molar-refractivity contribution in [3.8, 4) is 0 Å². The van der Waals surface area contributed by atoms with E-state index in [9.17, 15) is 48.5 Å². The minimum absolute atomic E-state index is 0. The van der Waals surface area contributed by atoms with Crippen LogP contribution in [0.4, 0.5) is 11.6 Å². The van der Waals surface area contributed by atoms with Crippen LogP contribution < -0.4 is 161 Å². The van der Waals surface area contributed by atoms with Crippen molar-refractivity contribution in [3.05, 3.63) is 45.5 Å². The molecule has 0 radical (unpaired) electrons. The molecule has 0 spiro atoms. The smallest absolute Gasteiger partial charge is 0.790 e. The third kappa shape index (κ3) is 24.4. The molecule has 2 aliphatic heterocycles. The maximum Gasteiger partial charge on any atom is 1.00 e. The zero-order valence-corrected chi connectivity index (χ0v) is 37.5. The summed E-state index contributed by atoms with van der Waals surface area (Å²) in [5.74, 6) is 0.0895. The number of aromatic nitrogens is 4. The van der Waals surface area contributed by atoms with E-state index in [1.54, 1.807) is 0 Å². The summed E-state index contributed by atoms with van der Waals surface area (Å²) in [7, 11) is -10.3. The molecule has 2 aromatic heterocycles. The molecular weight excluding hydrogens is 790 g/mol. The number of nitrogens with zero attached hydrogens (tertiary/aromatic N) is 4. The molecule has 0 aliphatic carbocycles. The summed E-state index contributed by atoms with van der Waals surface area (Å²) >= 11 is 0. The van der Waals surface area contributed by atoms with Gasteiger partial charge in [0.1, 0.15) is 36.3 Å². The van der Waals surface area contributed by atoms with E-state index in [2.05, 4.69) is 19.0 Å². The van der Waals surface area contributed by atoms with Gasteiger partial charge in [0.05, 0.1) is 41.1 Å². The van der Waals surface area contributed by atoms with Crippen molar-refractivity contribution in [2.45, 2.75) is 49.7 Å². The van der Waals surface area contributed by atoms with Crippen LogP contribution in [0.25, 0.3) is 0 Å². The van der Waals surface area contributed by atoms with Crippen LogP contribution in [0.5, 0.6) is 0 Å². The third-order valence-electron chi connectivity index (χ3n) is 5.53.